The quantitative estimate of drug-likeness (QED) is 0.836. The summed E-state index contributed by atoms with van der Waals surface area (Å²) in [7, 11) is 0. The third-order valence-corrected chi connectivity index (χ3v) is 6.18. The van der Waals surface area contributed by atoms with Gasteiger partial charge in [0.1, 0.15) is 0 Å². The van der Waals surface area contributed by atoms with E-state index >= 15 is 0 Å². The minimum Gasteiger partial charge on any atom is -0.395 e. The zero-order chi connectivity index (χ0) is 18.1. The van der Waals surface area contributed by atoms with Gasteiger partial charge in [0.05, 0.1) is 6.61 Å². The second-order valence-electron chi connectivity index (χ2n) is 7.54. The molecule has 26 heavy (non-hydrogen) atoms. The van der Waals surface area contributed by atoms with Crippen molar-refractivity contribution in [3.8, 4) is 11.1 Å². The van der Waals surface area contributed by atoms with Crippen LogP contribution in [0.2, 0.25) is 0 Å². The van der Waals surface area contributed by atoms with Crippen molar-refractivity contribution in [3.63, 3.8) is 0 Å². The first-order chi connectivity index (χ1) is 12.7. The van der Waals surface area contributed by atoms with E-state index in [1.807, 2.05) is 0 Å². The molecule has 2 aliphatic rings. The largest absolute Gasteiger partial charge is 0.395 e. The van der Waals surface area contributed by atoms with Gasteiger partial charge in [-0.15, -0.1) is 0 Å². The van der Waals surface area contributed by atoms with Gasteiger partial charge in [-0.3, -0.25) is 4.90 Å². The first kappa shape index (κ1) is 17.5. The van der Waals surface area contributed by atoms with Gasteiger partial charge in [0, 0.05) is 37.6 Å². The lowest BCUT2D eigenvalue weighted by molar-refractivity contribution is -0.0339. The van der Waals surface area contributed by atoms with Crippen LogP contribution in [0.25, 0.3) is 11.1 Å². The van der Waals surface area contributed by atoms with Crippen molar-refractivity contribution in [3.05, 3.63) is 71.3 Å². The molecular formula is C23H28N2O. The number of benzene rings is 2. The van der Waals surface area contributed by atoms with Crippen LogP contribution in [0, 0.1) is 13.8 Å². The number of aliphatic hydroxyl groups excluding tert-OH is 1. The molecule has 0 saturated carbocycles. The van der Waals surface area contributed by atoms with Gasteiger partial charge in [-0.05, 0) is 41.7 Å². The summed E-state index contributed by atoms with van der Waals surface area (Å²) in [6, 6.07) is 16.2. The highest BCUT2D eigenvalue weighted by Crippen LogP contribution is 2.41. The van der Waals surface area contributed by atoms with Crippen LogP contribution >= 0.6 is 0 Å². The van der Waals surface area contributed by atoms with Gasteiger partial charge < -0.3 is 10.4 Å². The number of rotatable bonds is 3. The fourth-order valence-electron chi connectivity index (χ4n) is 4.53. The van der Waals surface area contributed by atoms with E-state index in [4.69, 9.17) is 0 Å². The van der Waals surface area contributed by atoms with Crippen molar-refractivity contribution in [2.75, 3.05) is 26.2 Å². The van der Waals surface area contributed by atoms with E-state index in [0.29, 0.717) is 12.0 Å². The summed E-state index contributed by atoms with van der Waals surface area (Å²) in [6.45, 7) is 7.43. The molecule has 4 rings (SSSR count). The monoisotopic (exact) mass is 348 g/mol. The average molecular weight is 348 g/mol. The van der Waals surface area contributed by atoms with E-state index in [2.05, 4.69) is 78.7 Å². The molecule has 3 nitrogen and oxygen atoms in total. The fourth-order valence-corrected chi connectivity index (χ4v) is 4.53. The molecule has 3 atom stereocenters. The molecule has 136 valence electrons. The summed E-state index contributed by atoms with van der Waals surface area (Å²) in [5.74, 6) is 0.395. The lowest BCUT2D eigenvalue weighted by Gasteiger charge is -2.55. The van der Waals surface area contributed by atoms with Gasteiger partial charge in [-0.1, -0.05) is 54.6 Å². The average Bonchev–Trinajstić information content (AvgIpc) is 2.63. The highest BCUT2D eigenvalue weighted by atomic mass is 16.3. The van der Waals surface area contributed by atoms with Crippen molar-refractivity contribution >= 4 is 0 Å². The van der Waals surface area contributed by atoms with E-state index in [9.17, 15) is 5.11 Å². The van der Waals surface area contributed by atoms with Gasteiger partial charge in [0.25, 0.3) is 0 Å². The number of nitrogens with zero attached hydrogens (tertiary/aromatic N) is 1. The van der Waals surface area contributed by atoms with Crippen LogP contribution in [-0.2, 0) is 0 Å². The van der Waals surface area contributed by atoms with Crippen molar-refractivity contribution in [1.29, 1.82) is 0 Å². The summed E-state index contributed by atoms with van der Waals surface area (Å²) in [5.41, 5.74) is 6.59. The Morgan fingerprint density at radius 3 is 2.65 bits per heavy atom. The number of fused-ring (bicyclic) bond motifs is 1. The molecule has 0 radical (unpaired) electrons. The fraction of sp³-hybridized carbons (Fsp3) is 0.391. The minimum atomic E-state index is 0.216. The van der Waals surface area contributed by atoms with Crippen molar-refractivity contribution in [1.82, 2.24) is 10.2 Å². The van der Waals surface area contributed by atoms with Gasteiger partial charge in [0.2, 0.25) is 0 Å². The van der Waals surface area contributed by atoms with Crippen LogP contribution in [0.3, 0.4) is 0 Å². The van der Waals surface area contributed by atoms with Gasteiger partial charge >= 0.3 is 0 Å². The van der Waals surface area contributed by atoms with E-state index in [-0.39, 0.29) is 12.6 Å². The molecule has 0 spiro atoms. The van der Waals surface area contributed by atoms with Crippen molar-refractivity contribution < 1.29 is 5.11 Å². The van der Waals surface area contributed by atoms with E-state index < -0.39 is 0 Å². The second kappa shape index (κ2) is 7.36. The summed E-state index contributed by atoms with van der Waals surface area (Å²) >= 11 is 0. The van der Waals surface area contributed by atoms with Crippen LogP contribution in [-0.4, -0.2) is 48.3 Å². The van der Waals surface area contributed by atoms with Crippen molar-refractivity contribution in [2.24, 2.45) is 0 Å². The normalized spacial score (nSPS) is 27.1. The van der Waals surface area contributed by atoms with Crippen LogP contribution in [0.1, 0.15) is 22.6 Å². The number of aliphatic hydroxyl groups is 1. The molecule has 2 aromatic carbocycles. The Labute approximate surface area is 156 Å². The molecule has 0 aliphatic carbocycles. The zero-order valence-electron chi connectivity index (χ0n) is 15.7. The SMILES string of the molecule is Cc1cccc(-c2ccc(C3[C@@H](CO)N4C/C=C\CNC[C@@H]34)cc2)c1C. The number of hydrogen-bond acceptors (Lipinski definition) is 3. The smallest absolute Gasteiger partial charge is 0.0593 e. The molecule has 2 aliphatic heterocycles. The molecule has 1 fully saturated rings. The Hall–Kier alpha value is -1.94. The summed E-state index contributed by atoms with van der Waals surface area (Å²) in [6.07, 6.45) is 4.39. The van der Waals surface area contributed by atoms with Crippen LogP contribution < -0.4 is 5.32 Å². The van der Waals surface area contributed by atoms with E-state index in [0.717, 1.165) is 19.6 Å². The third kappa shape index (κ3) is 3.01. The van der Waals surface area contributed by atoms with Gasteiger partial charge in [0.15, 0.2) is 0 Å². The molecule has 1 unspecified atom stereocenters. The van der Waals surface area contributed by atoms with Gasteiger partial charge in [-0.25, -0.2) is 0 Å². The Balaban J connectivity index is 1.60. The molecule has 2 heterocycles. The molecular weight excluding hydrogens is 320 g/mol. The summed E-state index contributed by atoms with van der Waals surface area (Å²) in [4.78, 5) is 2.42. The molecule has 2 N–H and O–H groups in total. The Kier molecular flexibility index (Phi) is 4.94. The number of aryl methyl sites for hydroxylation is 1. The second-order valence-corrected chi connectivity index (χ2v) is 7.54. The molecule has 0 aromatic heterocycles. The summed E-state index contributed by atoms with van der Waals surface area (Å²) < 4.78 is 0. The lowest BCUT2D eigenvalue weighted by Crippen LogP contribution is -2.66. The van der Waals surface area contributed by atoms with Crippen LogP contribution in [0.4, 0.5) is 0 Å². The minimum absolute atomic E-state index is 0.216. The molecule has 0 amide bonds. The van der Waals surface area contributed by atoms with Gasteiger partial charge in [-0.2, -0.15) is 0 Å². The Bertz CT molecular complexity index is 796. The predicted octanol–water partition coefficient (Wildman–Crippen LogP) is 3.26. The topological polar surface area (TPSA) is 35.5 Å². The molecule has 1 saturated heterocycles. The van der Waals surface area contributed by atoms with E-state index in [1.54, 1.807) is 0 Å². The number of nitrogens with one attached hydrogen (secondary N) is 1. The highest BCUT2D eigenvalue weighted by Gasteiger charge is 2.47. The predicted molar refractivity (Wildman–Crippen MR) is 107 cm³/mol. The number of hydrogen-bond donors (Lipinski definition) is 2. The third-order valence-electron chi connectivity index (χ3n) is 6.18. The summed E-state index contributed by atoms with van der Waals surface area (Å²) in [5, 5.41) is 13.4. The Morgan fingerprint density at radius 2 is 1.88 bits per heavy atom. The molecule has 2 aromatic rings. The van der Waals surface area contributed by atoms with E-state index in [1.165, 1.54) is 27.8 Å². The highest BCUT2D eigenvalue weighted by molar-refractivity contribution is 5.68. The Morgan fingerprint density at radius 1 is 1.08 bits per heavy atom. The maximum absolute atomic E-state index is 9.93. The maximum atomic E-state index is 9.93. The lowest BCUT2D eigenvalue weighted by atomic mass is 9.74. The maximum Gasteiger partial charge on any atom is 0.0593 e. The van der Waals surface area contributed by atoms with Crippen LogP contribution in [0.15, 0.2) is 54.6 Å². The zero-order valence-corrected chi connectivity index (χ0v) is 15.7. The first-order valence-electron chi connectivity index (χ1n) is 9.59. The molecule has 3 heteroatoms. The molecule has 0 bridgehead atoms. The van der Waals surface area contributed by atoms with Crippen molar-refractivity contribution in [2.45, 2.75) is 31.8 Å². The standard InChI is InChI=1S/C23H28N2O/c1-16-6-5-7-20(17(16)2)18-8-10-19(11-9-18)23-21-14-24-12-3-4-13-25(21)22(23)15-26/h3-11,21-24,26H,12-15H2,1-2H3/b4-3-/t21-,22+,23?/m0/s1. The first-order valence-corrected chi connectivity index (χ1v) is 9.59. The van der Waals surface area contributed by atoms with Crippen LogP contribution in [0.5, 0.6) is 0 Å².